The number of carbonyl (C=O) groups excluding carboxylic acids is 1. The number of amides is 1. The van der Waals surface area contributed by atoms with Crippen LogP contribution in [0, 0.1) is 10.5 Å². The van der Waals surface area contributed by atoms with Crippen LogP contribution in [0.4, 0.5) is 5.69 Å². The van der Waals surface area contributed by atoms with E-state index in [1.54, 1.807) is 0 Å². The van der Waals surface area contributed by atoms with Crippen LogP contribution in [0.5, 0.6) is 0 Å². The van der Waals surface area contributed by atoms with Crippen molar-refractivity contribution in [3.63, 3.8) is 0 Å². The number of aryl methyl sites for hydroxylation is 3. The number of halogens is 1. The Morgan fingerprint density at radius 1 is 1.05 bits per heavy atom. The maximum Gasteiger partial charge on any atom is 0.256 e. The Morgan fingerprint density at radius 3 is 2.19 bits per heavy atom. The monoisotopic (exact) mass is 393 g/mol. The lowest BCUT2D eigenvalue weighted by atomic mass is 10.0. The Kier molecular flexibility index (Phi) is 5.39. The molecule has 0 spiro atoms. The molecule has 3 heteroatoms. The van der Waals surface area contributed by atoms with Crippen molar-refractivity contribution in [3.05, 3.63) is 62.2 Å². The summed E-state index contributed by atoms with van der Waals surface area (Å²) < 4.78 is 1.01. The molecule has 0 radical (unpaired) electrons. The molecule has 0 aromatic heterocycles. The summed E-state index contributed by atoms with van der Waals surface area (Å²) in [5.74, 6) is -0.0290. The van der Waals surface area contributed by atoms with Crippen LogP contribution < -0.4 is 5.32 Å². The molecule has 0 aliphatic carbocycles. The molecule has 2 rings (SSSR count). The van der Waals surface area contributed by atoms with Crippen LogP contribution in [0.1, 0.15) is 40.9 Å². The van der Waals surface area contributed by atoms with Crippen molar-refractivity contribution >= 4 is 34.2 Å². The summed E-state index contributed by atoms with van der Waals surface area (Å²) in [6.07, 6.45) is 1.82. The van der Waals surface area contributed by atoms with E-state index in [0.717, 1.165) is 33.2 Å². The summed E-state index contributed by atoms with van der Waals surface area (Å²) in [6, 6.07) is 12.1. The fraction of sp³-hybridized carbons (Fsp3) is 0.278. The number of nitrogens with one attached hydrogen (secondary N) is 1. The van der Waals surface area contributed by atoms with Crippen molar-refractivity contribution in [2.45, 2.75) is 33.6 Å². The first-order chi connectivity index (χ1) is 10.1. The number of rotatable bonds is 4. The van der Waals surface area contributed by atoms with Gasteiger partial charge in [0.15, 0.2) is 0 Å². The first-order valence-corrected chi connectivity index (χ1v) is 8.33. The summed E-state index contributed by atoms with van der Waals surface area (Å²) in [5, 5.41) is 3.12. The summed E-state index contributed by atoms with van der Waals surface area (Å²) in [6.45, 7) is 6.25. The highest BCUT2D eigenvalue weighted by atomic mass is 127. The van der Waals surface area contributed by atoms with Crippen molar-refractivity contribution in [2.24, 2.45) is 0 Å². The lowest BCUT2D eigenvalue weighted by Gasteiger charge is -2.15. The van der Waals surface area contributed by atoms with Crippen molar-refractivity contribution < 1.29 is 4.79 Å². The van der Waals surface area contributed by atoms with Crippen LogP contribution in [-0.4, -0.2) is 5.91 Å². The van der Waals surface area contributed by atoms with Crippen LogP contribution >= 0.6 is 22.6 Å². The topological polar surface area (TPSA) is 29.1 Å². The van der Waals surface area contributed by atoms with Gasteiger partial charge < -0.3 is 5.32 Å². The third-order valence-corrected chi connectivity index (χ3v) is 5.11. The first kappa shape index (κ1) is 16.0. The van der Waals surface area contributed by atoms with Gasteiger partial charge in [-0.05, 0) is 65.1 Å². The molecular formula is C18H20INO. The zero-order chi connectivity index (χ0) is 15.4. The van der Waals surface area contributed by atoms with Gasteiger partial charge >= 0.3 is 0 Å². The second-order valence-electron chi connectivity index (χ2n) is 5.05. The lowest BCUT2D eigenvalue weighted by molar-refractivity contribution is 0.102. The maximum atomic E-state index is 12.6. The number of hydrogen-bond donors (Lipinski definition) is 1. The Balaban J connectivity index is 2.38. The average molecular weight is 393 g/mol. The van der Waals surface area contributed by atoms with Gasteiger partial charge in [-0.1, -0.05) is 44.2 Å². The summed E-state index contributed by atoms with van der Waals surface area (Å²) in [5.41, 5.74) is 5.21. The molecule has 2 nitrogen and oxygen atoms in total. The Hall–Kier alpha value is -1.36. The molecule has 21 heavy (non-hydrogen) atoms. The normalized spacial score (nSPS) is 10.5. The zero-order valence-electron chi connectivity index (χ0n) is 12.7. The summed E-state index contributed by atoms with van der Waals surface area (Å²) in [7, 11) is 0. The lowest BCUT2D eigenvalue weighted by Crippen LogP contribution is -2.16. The molecule has 1 N–H and O–H groups in total. The van der Waals surface area contributed by atoms with Gasteiger partial charge in [0.05, 0.1) is 5.56 Å². The number of carbonyl (C=O) groups is 1. The molecule has 0 aliphatic rings. The van der Waals surface area contributed by atoms with Crippen molar-refractivity contribution in [1.29, 1.82) is 0 Å². The van der Waals surface area contributed by atoms with E-state index < -0.39 is 0 Å². The van der Waals surface area contributed by atoms with Gasteiger partial charge in [0.2, 0.25) is 0 Å². The van der Waals surface area contributed by atoms with E-state index in [1.807, 2.05) is 25.1 Å². The number of anilines is 1. The second kappa shape index (κ2) is 7.07. The van der Waals surface area contributed by atoms with Gasteiger partial charge in [-0.3, -0.25) is 4.79 Å². The molecule has 0 saturated heterocycles. The molecule has 0 saturated carbocycles. The number of benzene rings is 2. The Labute approximate surface area is 140 Å². The summed E-state index contributed by atoms with van der Waals surface area (Å²) >= 11 is 2.24. The molecule has 0 atom stereocenters. The van der Waals surface area contributed by atoms with Gasteiger partial charge in [0.1, 0.15) is 0 Å². The van der Waals surface area contributed by atoms with Gasteiger partial charge in [0, 0.05) is 9.26 Å². The van der Waals surface area contributed by atoms with Crippen molar-refractivity contribution in [2.75, 3.05) is 5.32 Å². The zero-order valence-corrected chi connectivity index (χ0v) is 14.8. The van der Waals surface area contributed by atoms with Crippen molar-refractivity contribution in [1.82, 2.24) is 0 Å². The van der Waals surface area contributed by atoms with E-state index in [-0.39, 0.29) is 5.91 Å². The standard InChI is InChI=1S/C18H20INO/c1-4-13-9-7-10-14(5-2)17(13)20-18(21)15-11-6-8-12(3)16(15)19/h6-11H,4-5H2,1-3H3,(H,20,21). The summed E-state index contributed by atoms with van der Waals surface area (Å²) in [4.78, 5) is 12.6. The van der Waals surface area contributed by atoms with Crippen LogP contribution in [0.3, 0.4) is 0 Å². The highest BCUT2D eigenvalue weighted by Gasteiger charge is 2.14. The van der Waals surface area contributed by atoms with E-state index in [1.165, 1.54) is 11.1 Å². The van der Waals surface area contributed by atoms with E-state index in [0.29, 0.717) is 0 Å². The van der Waals surface area contributed by atoms with E-state index in [2.05, 4.69) is 60.0 Å². The predicted molar refractivity (Wildman–Crippen MR) is 97.0 cm³/mol. The minimum absolute atomic E-state index is 0.0290. The highest BCUT2D eigenvalue weighted by Crippen LogP contribution is 2.24. The molecule has 2 aromatic rings. The Morgan fingerprint density at radius 2 is 1.62 bits per heavy atom. The molecule has 0 aliphatic heterocycles. The molecule has 0 fully saturated rings. The van der Waals surface area contributed by atoms with Gasteiger partial charge in [-0.2, -0.15) is 0 Å². The van der Waals surface area contributed by atoms with E-state index in [9.17, 15) is 4.79 Å². The second-order valence-corrected chi connectivity index (χ2v) is 6.13. The number of hydrogen-bond acceptors (Lipinski definition) is 1. The van der Waals surface area contributed by atoms with Crippen molar-refractivity contribution in [3.8, 4) is 0 Å². The van der Waals surface area contributed by atoms with E-state index in [4.69, 9.17) is 0 Å². The quantitative estimate of drug-likeness (QED) is 0.730. The van der Waals surface area contributed by atoms with Gasteiger partial charge in [-0.25, -0.2) is 0 Å². The Bertz CT molecular complexity index is 642. The third kappa shape index (κ3) is 3.46. The van der Waals surface area contributed by atoms with E-state index >= 15 is 0 Å². The molecule has 2 aromatic carbocycles. The number of para-hydroxylation sites is 1. The fourth-order valence-electron chi connectivity index (χ4n) is 2.41. The molecule has 110 valence electrons. The molecule has 0 unspecified atom stereocenters. The molecular weight excluding hydrogens is 373 g/mol. The minimum atomic E-state index is -0.0290. The highest BCUT2D eigenvalue weighted by molar-refractivity contribution is 14.1. The average Bonchev–Trinajstić information content (AvgIpc) is 2.50. The molecule has 0 bridgehead atoms. The SMILES string of the molecule is CCc1cccc(CC)c1NC(=O)c1cccc(C)c1I. The maximum absolute atomic E-state index is 12.6. The van der Waals surface area contributed by atoms with Crippen LogP contribution in [-0.2, 0) is 12.8 Å². The predicted octanol–water partition coefficient (Wildman–Crippen LogP) is 4.98. The third-order valence-electron chi connectivity index (χ3n) is 3.67. The molecule has 0 heterocycles. The van der Waals surface area contributed by atoms with Crippen LogP contribution in [0.25, 0.3) is 0 Å². The fourth-order valence-corrected chi connectivity index (χ4v) is 3.01. The smallest absolute Gasteiger partial charge is 0.256 e. The van der Waals surface area contributed by atoms with Crippen LogP contribution in [0.15, 0.2) is 36.4 Å². The van der Waals surface area contributed by atoms with Gasteiger partial charge in [-0.15, -0.1) is 0 Å². The largest absolute Gasteiger partial charge is 0.321 e. The molecule has 1 amide bonds. The minimum Gasteiger partial charge on any atom is -0.321 e. The van der Waals surface area contributed by atoms with Crippen LogP contribution in [0.2, 0.25) is 0 Å². The first-order valence-electron chi connectivity index (χ1n) is 7.25. The van der Waals surface area contributed by atoms with Gasteiger partial charge in [0.25, 0.3) is 5.91 Å².